The summed E-state index contributed by atoms with van der Waals surface area (Å²) in [5, 5.41) is 2.24. The molecule has 12 heteroatoms. The van der Waals surface area contributed by atoms with Crippen LogP contribution >= 0.6 is 0 Å². The second kappa shape index (κ2) is 11.8. The molecule has 0 aromatic heterocycles. The summed E-state index contributed by atoms with van der Waals surface area (Å²) in [6.07, 6.45) is -0.494. The van der Waals surface area contributed by atoms with Crippen molar-refractivity contribution in [2.24, 2.45) is 0 Å². The van der Waals surface area contributed by atoms with Crippen LogP contribution in [-0.4, -0.2) is 71.5 Å². The summed E-state index contributed by atoms with van der Waals surface area (Å²) in [5.74, 6) is -8.76. The number of hydrogen-bond acceptors (Lipinski definition) is 6. The molecule has 2 aromatic rings. The molecule has 2 saturated heterocycles. The average molecular weight is 590 g/mol. The van der Waals surface area contributed by atoms with E-state index in [0.717, 1.165) is 12.1 Å². The second-order valence-electron chi connectivity index (χ2n) is 11.0. The van der Waals surface area contributed by atoms with Crippen LogP contribution in [0.25, 0.3) is 0 Å². The Bertz CT molecular complexity index is 1390. The molecule has 3 heterocycles. The largest absolute Gasteiger partial charge is 0.492 e. The molecule has 1 unspecified atom stereocenters. The van der Waals surface area contributed by atoms with E-state index < -0.39 is 41.6 Å². The van der Waals surface area contributed by atoms with Crippen molar-refractivity contribution < 1.29 is 41.5 Å². The number of nitrogens with one attached hydrogen (secondary N) is 1. The zero-order valence-electron chi connectivity index (χ0n) is 22.8. The number of halogens is 4. The van der Waals surface area contributed by atoms with E-state index in [4.69, 9.17) is 4.74 Å². The maximum atomic E-state index is 15.1. The number of fused-ring (bicyclic) bond motifs is 1. The Morgan fingerprint density at radius 1 is 1.07 bits per heavy atom. The van der Waals surface area contributed by atoms with E-state index in [-0.39, 0.29) is 75.9 Å². The number of amides is 3. The molecule has 224 valence electrons. The van der Waals surface area contributed by atoms with Crippen LogP contribution in [0, 0.1) is 0 Å². The number of carbonyl (C=O) groups is 4. The van der Waals surface area contributed by atoms with E-state index >= 15 is 8.78 Å². The molecule has 2 aromatic carbocycles. The number of Topliss-reactive ketones (excluding diaryl/α,β-unsaturated/α-hetero) is 1. The number of imide groups is 1. The molecule has 1 N–H and O–H groups in total. The molecular formula is C30H31F4N3O5. The maximum Gasteiger partial charge on any atom is 0.330 e. The van der Waals surface area contributed by atoms with Crippen LogP contribution in [0.15, 0.2) is 42.5 Å². The Hall–Kier alpha value is -3.80. The summed E-state index contributed by atoms with van der Waals surface area (Å²) in [6, 6.07) is 9.24. The van der Waals surface area contributed by atoms with Gasteiger partial charge in [-0.25, -0.2) is 8.78 Å². The van der Waals surface area contributed by atoms with Gasteiger partial charge in [0, 0.05) is 63.0 Å². The van der Waals surface area contributed by atoms with Crippen LogP contribution in [0.3, 0.4) is 0 Å². The van der Waals surface area contributed by atoms with Crippen LogP contribution in [0.5, 0.6) is 5.75 Å². The SMILES string of the molecule is O=C1CCC(N2Cc3cc(CCC(=O)C(F)(F)c4cccc(OCCN5CCC(F)(F)CC5)c4)ccc3C2=O)C(=O)N1. The fourth-order valence-corrected chi connectivity index (χ4v) is 5.54. The Morgan fingerprint density at radius 2 is 1.83 bits per heavy atom. The number of rotatable bonds is 10. The summed E-state index contributed by atoms with van der Waals surface area (Å²) in [6.45, 7) is 1.14. The van der Waals surface area contributed by atoms with Gasteiger partial charge >= 0.3 is 5.92 Å². The van der Waals surface area contributed by atoms with Gasteiger partial charge < -0.3 is 9.64 Å². The minimum atomic E-state index is -3.76. The van der Waals surface area contributed by atoms with Gasteiger partial charge in [-0.3, -0.25) is 29.4 Å². The Labute approximate surface area is 240 Å². The quantitative estimate of drug-likeness (QED) is 0.334. The zero-order chi connectivity index (χ0) is 30.1. The first kappa shape index (κ1) is 29.7. The van der Waals surface area contributed by atoms with Gasteiger partial charge in [0.1, 0.15) is 18.4 Å². The maximum absolute atomic E-state index is 15.1. The van der Waals surface area contributed by atoms with Gasteiger partial charge in [-0.05, 0) is 42.2 Å². The summed E-state index contributed by atoms with van der Waals surface area (Å²) in [5.41, 5.74) is 1.13. The molecular weight excluding hydrogens is 558 g/mol. The monoisotopic (exact) mass is 589 g/mol. The highest BCUT2D eigenvalue weighted by Crippen LogP contribution is 2.34. The van der Waals surface area contributed by atoms with Gasteiger partial charge in [-0.2, -0.15) is 8.78 Å². The van der Waals surface area contributed by atoms with Crippen molar-refractivity contribution in [3.8, 4) is 5.75 Å². The third-order valence-corrected chi connectivity index (χ3v) is 8.04. The van der Waals surface area contributed by atoms with E-state index in [1.54, 1.807) is 18.2 Å². The van der Waals surface area contributed by atoms with Crippen molar-refractivity contribution in [2.45, 2.75) is 63.0 Å². The first-order chi connectivity index (χ1) is 19.9. The highest BCUT2D eigenvalue weighted by atomic mass is 19.3. The van der Waals surface area contributed by atoms with Crippen LogP contribution in [0.1, 0.15) is 59.2 Å². The van der Waals surface area contributed by atoms with E-state index in [0.29, 0.717) is 23.2 Å². The lowest BCUT2D eigenvalue weighted by atomic mass is 9.97. The molecule has 1 atom stereocenters. The first-order valence-electron chi connectivity index (χ1n) is 13.9. The number of carbonyl (C=O) groups excluding carboxylic acids is 4. The lowest BCUT2D eigenvalue weighted by Crippen LogP contribution is -2.52. The molecule has 0 bridgehead atoms. The molecule has 2 fully saturated rings. The highest BCUT2D eigenvalue weighted by Gasteiger charge is 2.41. The van der Waals surface area contributed by atoms with Crippen molar-refractivity contribution in [3.63, 3.8) is 0 Å². The van der Waals surface area contributed by atoms with Crippen LogP contribution in [0.2, 0.25) is 0 Å². The topological polar surface area (TPSA) is 96.0 Å². The smallest absolute Gasteiger partial charge is 0.330 e. The standard InChI is InChI=1S/C30H31F4N3O5/c31-29(32)10-12-36(13-11-29)14-15-42-22-3-1-2-21(17-22)30(33,34)25(38)8-5-19-4-6-23-20(16-19)18-37(28(23)41)24-7-9-26(39)35-27(24)40/h1-4,6,16-17,24H,5,7-15,18H2,(H,35,39,40). The summed E-state index contributed by atoms with van der Waals surface area (Å²) in [4.78, 5) is 52.4. The van der Waals surface area contributed by atoms with Gasteiger partial charge in [0.25, 0.3) is 11.8 Å². The minimum Gasteiger partial charge on any atom is -0.492 e. The number of likely N-dealkylation sites (tertiary alicyclic amines) is 1. The molecule has 0 radical (unpaired) electrons. The molecule has 0 spiro atoms. The normalized spacial score (nSPS) is 20.8. The summed E-state index contributed by atoms with van der Waals surface area (Å²) < 4.78 is 62.4. The van der Waals surface area contributed by atoms with Gasteiger partial charge in [-0.15, -0.1) is 0 Å². The van der Waals surface area contributed by atoms with E-state index in [1.165, 1.54) is 17.0 Å². The third-order valence-electron chi connectivity index (χ3n) is 8.04. The molecule has 3 aliphatic heterocycles. The van der Waals surface area contributed by atoms with Crippen molar-refractivity contribution in [3.05, 3.63) is 64.7 Å². The number of ether oxygens (including phenoxy) is 1. The molecule has 0 saturated carbocycles. The second-order valence-corrected chi connectivity index (χ2v) is 11.0. The van der Waals surface area contributed by atoms with Crippen molar-refractivity contribution >= 4 is 23.5 Å². The van der Waals surface area contributed by atoms with E-state index in [2.05, 4.69) is 5.32 Å². The Morgan fingerprint density at radius 3 is 2.57 bits per heavy atom. The molecule has 42 heavy (non-hydrogen) atoms. The highest BCUT2D eigenvalue weighted by molar-refractivity contribution is 6.05. The van der Waals surface area contributed by atoms with Crippen LogP contribution < -0.4 is 10.1 Å². The molecule has 0 aliphatic carbocycles. The molecule has 3 aliphatic rings. The number of nitrogens with zero attached hydrogens (tertiary/aromatic N) is 2. The van der Waals surface area contributed by atoms with Gasteiger partial charge in [0.2, 0.25) is 17.6 Å². The average Bonchev–Trinajstić information content (AvgIpc) is 3.28. The lowest BCUT2D eigenvalue weighted by molar-refractivity contribution is -0.144. The number of ketones is 1. The number of piperidine rings is 2. The first-order valence-corrected chi connectivity index (χ1v) is 13.9. The van der Waals surface area contributed by atoms with Crippen LogP contribution in [0.4, 0.5) is 17.6 Å². The number of aryl methyl sites for hydroxylation is 1. The Kier molecular flexibility index (Phi) is 8.36. The number of benzene rings is 2. The zero-order valence-corrected chi connectivity index (χ0v) is 22.8. The van der Waals surface area contributed by atoms with Crippen LogP contribution in [-0.2, 0) is 33.3 Å². The van der Waals surface area contributed by atoms with E-state index in [1.807, 2.05) is 4.90 Å². The number of alkyl halides is 4. The third kappa shape index (κ3) is 6.48. The molecule has 8 nitrogen and oxygen atoms in total. The number of hydrogen-bond donors (Lipinski definition) is 1. The fraction of sp³-hybridized carbons (Fsp3) is 0.467. The minimum absolute atomic E-state index is 0.0272. The van der Waals surface area contributed by atoms with Crippen molar-refractivity contribution in [2.75, 3.05) is 26.2 Å². The summed E-state index contributed by atoms with van der Waals surface area (Å²) >= 11 is 0. The van der Waals surface area contributed by atoms with Gasteiger partial charge in [-0.1, -0.05) is 24.3 Å². The van der Waals surface area contributed by atoms with Gasteiger partial charge in [0.15, 0.2) is 0 Å². The molecule has 5 rings (SSSR count). The summed E-state index contributed by atoms with van der Waals surface area (Å²) in [7, 11) is 0. The lowest BCUT2D eigenvalue weighted by Gasteiger charge is -2.31. The predicted octanol–water partition coefficient (Wildman–Crippen LogP) is 3.85. The predicted molar refractivity (Wildman–Crippen MR) is 142 cm³/mol. The fourth-order valence-electron chi connectivity index (χ4n) is 5.54. The molecule has 3 amide bonds. The van der Waals surface area contributed by atoms with Gasteiger partial charge in [0.05, 0.1) is 0 Å². The van der Waals surface area contributed by atoms with Crippen molar-refractivity contribution in [1.29, 1.82) is 0 Å². The van der Waals surface area contributed by atoms with E-state index in [9.17, 15) is 28.0 Å². The Balaban J connectivity index is 1.15. The van der Waals surface area contributed by atoms with Crippen molar-refractivity contribution in [1.82, 2.24) is 15.1 Å².